The Balaban J connectivity index is 1.88. The molecule has 2 aromatic rings. The highest BCUT2D eigenvalue weighted by molar-refractivity contribution is 5.37. The predicted molar refractivity (Wildman–Crippen MR) is 71.8 cm³/mol. The van der Waals surface area contributed by atoms with Gasteiger partial charge in [0.1, 0.15) is 0 Å². The van der Waals surface area contributed by atoms with Crippen LogP contribution in [0.4, 0.5) is 11.8 Å². The third-order valence-corrected chi connectivity index (χ3v) is 2.32. The number of anilines is 2. The zero-order valence-corrected chi connectivity index (χ0v) is 10.7. The number of ether oxygens (including phenoxy) is 1. The fraction of sp³-hybridized carbons (Fsp3) is 0.333. The van der Waals surface area contributed by atoms with Crippen LogP contribution in [0.1, 0.15) is 5.69 Å². The fourth-order valence-electron chi connectivity index (χ4n) is 1.41. The number of nitrogens with zero attached hydrogens (tertiary/aromatic N) is 4. The highest BCUT2D eigenvalue weighted by Crippen LogP contribution is 2.05. The predicted octanol–water partition coefficient (Wildman–Crippen LogP) is 0.937. The van der Waals surface area contributed by atoms with Gasteiger partial charge in [0.25, 0.3) is 0 Å². The summed E-state index contributed by atoms with van der Waals surface area (Å²) in [6, 6.07) is 5.77. The first-order valence-electron chi connectivity index (χ1n) is 5.95. The van der Waals surface area contributed by atoms with Crippen LogP contribution in [-0.4, -0.2) is 40.4 Å². The first kappa shape index (κ1) is 13.2. The average molecular weight is 260 g/mol. The van der Waals surface area contributed by atoms with Crippen LogP contribution in [0.5, 0.6) is 0 Å². The van der Waals surface area contributed by atoms with Gasteiger partial charge >= 0.3 is 0 Å². The number of pyridine rings is 1. The van der Waals surface area contributed by atoms with E-state index in [1.54, 1.807) is 19.5 Å². The molecule has 2 rings (SSSR count). The van der Waals surface area contributed by atoms with Gasteiger partial charge in [-0.05, 0) is 12.1 Å². The van der Waals surface area contributed by atoms with E-state index in [9.17, 15) is 0 Å². The Morgan fingerprint density at radius 2 is 2.21 bits per heavy atom. The van der Waals surface area contributed by atoms with E-state index < -0.39 is 0 Å². The van der Waals surface area contributed by atoms with E-state index in [1.807, 2.05) is 18.2 Å². The monoisotopic (exact) mass is 260 g/mol. The van der Waals surface area contributed by atoms with E-state index in [0.29, 0.717) is 31.5 Å². The van der Waals surface area contributed by atoms with E-state index in [2.05, 4.69) is 30.8 Å². The highest BCUT2D eigenvalue weighted by Gasteiger charge is 2.00. The van der Waals surface area contributed by atoms with Crippen LogP contribution < -0.4 is 10.6 Å². The number of rotatable bonds is 7. The minimum Gasteiger partial charge on any atom is -0.383 e. The van der Waals surface area contributed by atoms with Gasteiger partial charge in [0, 0.05) is 19.9 Å². The molecule has 0 aliphatic carbocycles. The second-order valence-corrected chi connectivity index (χ2v) is 3.76. The average Bonchev–Trinajstić information content (AvgIpc) is 2.47. The van der Waals surface area contributed by atoms with E-state index in [0.717, 1.165) is 5.69 Å². The van der Waals surface area contributed by atoms with Crippen molar-refractivity contribution in [1.29, 1.82) is 0 Å². The Labute approximate surface area is 111 Å². The summed E-state index contributed by atoms with van der Waals surface area (Å²) in [5.74, 6) is 1.13. The van der Waals surface area contributed by atoms with Gasteiger partial charge < -0.3 is 15.4 Å². The van der Waals surface area contributed by atoms with Crippen molar-refractivity contribution in [3.63, 3.8) is 0 Å². The van der Waals surface area contributed by atoms with E-state index in [-0.39, 0.29) is 0 Å². The summed E-state index contributed by atoms with van der Waals surface area (Å²) in [5, 5.41) is 13.9. The molecule has 0 saturated heterocycles. The van der Waals surface area contributed by atoms with Crippen LogP contribution in [0.25, 0.3) is 0 Å². The molecule has 0 aliphatic rings. The SMILES string of the molecule is COCCNc1nncc(NCc2ccccn2)n1. The first-order valence-corrected chi connectivity index (χ1v) is 5.95. The fourth-order valence-corrected chi connectivity index (χ4v) is 1.41. The lowest BCUT2D eigenvalue weighted by atomic mass is 10.3. The maximum atomic E-state index is 4.94. The van der Waals surface area contributed by atoms with Crippen LogP contribution in [0, 0.1) is 0 Å². The topological polar surface area (TPSA) is 84.9 Å². The van der Waals surface area contributed by atoms with Crippen molar-refractivity contribution in [2.75, 3.05) is 30.9 Å². The molecule has 2 N–H and O–H groups in total. The van der Waals surface area contributed by atoms with Gasteiger partial charge in [-0.15, -0.1) is 5.10 Å². The molecule has 7 heteroatoms. The third kappa shape index (κ3) is 4.47. The Morgan fingerprint density at radius 1 is 1.26 bits per heavy atom. The number of methoxy groups -OCH3 is 1. The molecule has 0 spiro atoms. The maximum Gasteiger partial charge on any atom is 0.244 e. The van der Waals surface area contributed by atoms with Gasteiger partial charge in [0.15, 0.2) is 5.82 Å². The second kappa shape index (κ2) is 7.22. The molecule has 0 aromatic carbocycles. The molecule has 0 radical (unpaired) electrons. The van der Waals surface area contributed by atoms with Crippen LogP contribution in [0.3, 0.4) is 0 Å². The van der Waals surface area contributed by atoms with Gasteiger partial charge in [-0.3, -0.25) is 4.98 Å². The van der Waals surface area contributed by atoms with Gasteiger partial charge in [-0.1, -0.05) is 6.07 Å². The molecule has 0 unspecified atom stereocenters. The number of aromatic nitrogens is 4. The lowest BCUT2D eigenvalue weighted by Gasteiger charge is -2.06. The largest absolute Gasteiger partial charge is 0.383 e. The Morgan fingerprint density at radius 3 is 3.00 bits per heavy atom. The Kier molecular flexibility index (Phi) is 5.00. The zero-order chi connectivity index (χ0) is 13.3. The Hall–Kier alpha value is -2.28. The van der Waals surface area contributed by atoms with E-state index in [1.165, 1.54) is 0 Å². The van der Waals surface area contributed by atoms with Crippen LogP contribution in [-0.2, 0) is 11.3 Å². The van der Waals surface area contributed by atoms with Crippen molar-refractivity contribution >= 4 is 11.8 Å². The summed E-state index contributed by atoms with van der Waals surface area (Å²) in [5.41, 5.74) is 0.940. The maximum absolute atomic E-state index is 4.94. The molecule has 2 aromatic heterocycles. The van der Waals surface area contributed by atoms with Crippen molar-refractivity contribution in [3.05, 3.63) is 36.3 Å². The molecule has 100 valence electrons. The van der Waals surface area contributed by atoms with Gasteiger partial charge in [0.2, 0.25) is 5.95 Å². The molecular weight excluding hydrogens is 244 g/mol. The van der Waals surface area contributed by atoms with Crippen molar-refractivity contribution in [2.45, 2.75) is 6.54 Å². The van der Waals surface area contributed by atoms with Crippen molar-refractivity contribution in [3.8, 4) is 0 Å². The molecule has 0 fully saturated rings. The van der Waals surface area contributed by atoms with Crippen LogP contribution in [0.15, 0.2) is 30.6 Å². The van der Waals surface area contributed by atoms with Crippen molar-refractivity contribution in [2.24, 2.45) is 0 Å². The highest BCUT2D eigenvalue weighted by atomic mass is 16.5. The molecule has 0 amide bonds. The molecule has 0 aliphatic heterocycles. The summed E-state index contributed by atoms with van der Waals surface area (Å²) in [7, 11) is 1.64. The lowest BCUT2D eigenvalue weighted by molar-refractivity contribution is 0.210. The molecule has 19 heavy (non-hydrogen) atoms. The van der Waals surface area contributed by atoms with Gasteiger partial charge in [-0.25, -0.2) is 0 Å². The third-order valence-electron chi connectivity index (χ3n) is 2.32. The first-order chi connectivity index (χ1) is 9.38. The molecular formula is C12H16N6O. The molecule has 2 heterocycles. The molecule has 0 atom stereocenters. The minimum absolute atomic E-state index is 0.475. The molecule has 7 nitrogen and oxygen atoms in total. The normalized spacial score (nSPS) is 10.2. The van der Waals surface area contributed by atoms with Gasteiger partial charge in [0.05, 0.1) is 25.0 Å². The summed E-state index contributed by atoms with van der Waals surface area (Å²) in [4.78, 5) is 8.50. The minimum atomic E-state index is 0.475. The van der Waals surface area contributed by atoms with Crippen LogP contribution >= 0.6 is 0 Å². The van der Waals surface area contributed by atoms with Crippen LogP contribution in [0.2, 0.25) is 0 Å². The van der Waals surface area contributed by atoms with Crippen molar-refractivity contribution < 1.29 is 4.74 Å². The second-order valence-electron chi connectivity index (χ2n) is 3.76. The number of hydrogen-bond donors (Lipinski definition) is 2. The lowest BCUT2D eigenvalue weighted by Crippen LogP contribution is -2.12. The summed E-state index contributed by atoms with van der Waals surface area (Å²) in [6.07, 6.45) is 3.33. The number of nitrogens with one attached hydrogen (secondary N) is 2. The summed E-state index contributed by atoms with van der Waals surface area (Å²) >= 11 is 0. The van der Waals surface area contributed by atoms with Gasteiger partial charge in [-0.2, -0.15) is 10.1 Å². The molecule has 0 saturated carbocycles. The summed E-state index contributed by atoms with van der Waals surface area (Å²) in [6.45, 7) is 1.83. The standard InChI is InChI=1S/C12H16N6O/c1-19-7-6-14-12-17-11(9-16-18-12)15-8-10-4-2-3-5-13-10/h2-5,9H,6-8H2,1H3,(H2,14,15,17,18). The number of hydrogen-bond acceptors (Lipinski definition) is 7. The summed E-state index contributed by atoms with van der Waals surface area (Å²) < 4.78 is 4.94. The smallest absolute Gasteiger partial charge is 0.244 e. The van der Waals surface area contributed by atoms with E-state index >= 15 is 0 Å². The zero-order valence-electron chi connectivity index (χ0n) is 10.7. The Bertz CT molecular complexity index is 493. The molecule has 0 bridgehead atoms. The quantitative estimate of drug-likeness (QED) is 0.716. The van der Waals surface area contributed by atoms with Crippen molar-refractivity contribution in [1.82, 2.24) is 20.2 Å². The van der Waals surface area contributed by atoms with E-state index in [4.69, 9.17) is 4.74 Å².